The maximum absolute atomic E-state index is 13.3. The van der Waals surface area contributed by atoms with Gasteiger partial charge in [-0.3, -0.25) is 14.4 Å². The second-order valence-corrected chi connectivity index (χ2v) is 5.72. The molecule has 0 aromatic heterocycles. The summed E-state index contributed by atoms with van der Waals surface area (Å²) in [4.78, 5) is 34.4. The molecule has 148 valence electrons. The molecule has 2 aromatic rings. The van der Waals surface area contributed by atoms with Crippen molar-refractivity contribution in [2.24, 2.45) is 5.73 Å². The number of amides is 3. The zero-order chi connectivity index (χ0) is 20.9. The second-order valence-electron chi connectivity index (χ2n) is 5.72. The molecule has 10 heteroatoms. The molecule has 0 heterocycles. The lowest BCUT2D eigenvalue weighted by Crippen LogP contribution is -2.33. The van der Waals surface area contributed by atoms with Crippen molar-refractivity contribution >= 4 is 17.7 Å². The van der Waals surface area contributed by atoms with Crippen molar-refractivity contribution in [2.45, 2.75) is 12.7 Å². The molecule has 0 aliphatic carbocycles. The van der Waals surface area contributed by atoms with Crippen molar-refractivity contribution in [3.63, 3.8) is 0 Å². The fraction of sp³-hybridized carbons (Fsp3) is 0.167. The Morgan fingerprint density at radius 3 is 2.04 bits per heavy atom. The number of rotatable bonds is 6. The minimum Gasteiger partial charge on any atom is -0.368 e. The second kappa shape index (κ2) is 8.51. The maximum atomic E-state index is 13.3. The summed E-state index contributed by atoms with van der Waals surface area (Å²) >= 11 is 0. The number of hydrogen-bond acceptors (Lipinski definition) is 3. The van der Waals surface area contributed by atoms with Crippen LogP contribution >= 0.6 is 0 Å². The van der Waals surface area contributed by atoms with Gasteiger partial charge in [0.05, 0.1) is 12.1 Å². The summed E-state index contributed by atoms with van der Waals surface area (Å²) in [6, 6.07) is 7.89. The first-order chi connectivity index (χ1) is 13.1. The van der Waals surface area contributed by atoms with Crippen LogP contribution in [0.4, 0.5) is 17.6 Å². The zero-order valence-electron chi connectivity index (χ0n) is 14.3. The van der Waals surface area contributed by atoms with Crippen LogP contribution in [0.15, 0.2) is 42.5 Å². The molecule has 0 atom stereocenters. The Morgan fingerprint density at radius 1 is 0.893 bits per heavy atom. The van der Waals surface area contributed by atoms with Gasteiger partial charge < -0.3 is 16.4 Å². The van der Waals surface area contributed by atoms with Crippen LogP contribution in [0.5, 0.6) is 0 Å². The van der Waals surface area contributed by atoms with Crippen molar-refractivity contribution < 1.29 is 31.9 Å². The van der Waals surface area contributed by atoms with E-state index >= 15 is 0 Å². The fourth-order valence-electron chi connectivity index (χ4n) is 2.21. The molecule has 0 unspecified atom stereocenters. The number of halogens is 4. The quantitative estimate of drug-likeness (QED) is 0.650. The van der Waals surface area contributed by atoms with Crippen LogP contribution in [0.25, 0.3) is 0 Å². The molecule has 0 aliphatic heterocycles. The first-order valence-electron chi connectivity index (χ1n) is 7.88. The van der Waals surface area contributed by atoms with Gasteiger partial charge in [-0.2, -0.15) is 13.2 Å². The molecule has 2 aromatic carbocycles. The molecule has 0 bridgehead atoms. The number of nitrogens with two attached hydrogens (primary N) is 1. The Balaban J connectivity index is 2.00. The number of hydrogen-bond donors (Lipinski definition) is 3. The van der Waals surface area contributed by atoms with E-state index in [1.807, 2.05) is 0 Å². The highest BCUT2D eigenvalue weighted by atomic mass is 19.4. The van der Waals surface area contributed by atoms with Crippen LogP contribution in [-0.4, -0.2) is 24.3 Å². The van der Waals surface area contributed by atoms with Crippen LogP contribution in [0.1, 0.15) is 31.8 Å². The Labute approximate surface area is 156 Å². The lowest BCUT2D eigenvalue weighted by molar-refractivity contribution is -0.140. The van der Waals surface area contributed by atoms with Crippen molar-refractivity contribution in [2.75, 3.05) is 6.54 Å². The first-order valence-corrected chi connectivity index (χ1v) is 7.88. The summed E-state index contributed by atoms with van der Waals surface area (Å²) in [5.74, 6) is -3.48. The third kappa shape index (κ3) is 5.53. The molecule has 0 radical (unpaired) electrons. The van der Waals surface area contributed by atoms with E-state index in [-0.39, 0.29) is 24.2 Å². The van der Waals surface area contributed by atoms with E-state index in [9.17, 15) is 31.9 Å². The summed E-state index contributed by atoms with van der Waals surface area (Å²) in [5.41, 5.74) is 3.89. The molecule has 28 heavy (non-hydrogen) atoms. The van der Waals surface area contributed by atoms with Crippen molar-refractivity contribution in [1.82, 2.24) is 10.6 Å². The molecule has 4 N–H and O–H groups in total. The average Bonchev–Trinajstić information content (AvgIpc) is 2.64. The Kier molecular flexibility index (Phi) is 6.34. The number of alkyl halides is 3. The third-order valence-electron chi connectivity index (χ3n) is 3.63. The van der Waals surface area contributed by atoms with Crippen LogP contribution in [0.3, 0.4) is 0 Å². The molecule has 0 saturated carbocycles. The summed E-state index contributed by atoms with van der Waals surface area (Å²) in [6.45, 7) is -0.338. The summed E-state index contributed by atoms with van der Waals surface area (Å²) in [7, 11) is 0. The molecular formula is C18H15F4N3O3. The number of nitrogens with one attached hydrogen (secondary N) is 2. The van der Waals surface area contributed by atoms with Gasteiger partial charge in [0.1, 0.15) is 5.82 Å². The van der Waals surface area contributed by atoms with Crippen LogP contribution in [0, 0.1) is 5.82 Å². The summed E-state index contributed by atoms with van der Waals surface area (Å²) in [6.07, 6.45) is -4.91. The summed E-state index contributed by atoms with van der Waals surface area (Å²) in [5, 5.41) is 4.72. The number of benzene rings is 2. The van der Waals surface area contributed by atoms with Crippen LogP contribution in [-0.2, 0) is 17.5 Å². The lowest BCUT2D eigenvalue weighted by atomic mass is 10.1. The van der Waals surface area contributed by atoms with E-state index in [2.05, 4.69) is 10.6 Å². The van der Waals surface area contributed by atoms with Gasteiger partial charge >= 0.3 is 6.18 Å². The number of primary amides is 1. The largest absolute Gasteiger partial charge is 0.419 e. The number of carbonyl (C=O) groups is 3. The standard InChI is InChI=1S/C18H15F4N3O3/c19-14-6-5-12(7-13(14)18(20,21)22)17(28)24-8-10-1-3-11(4-2-10)16(27)25-9-15(23)26/h1-7H,8-9H2,(H2,23,26)(H,24,28)(H,25,27). The van der Waals surface area contributed by atoms with Gasteiger partial charge in [-0.05, 0) is 35.9 Å². The monoisotopic (exact) mass is 397 g/mol. The Morgan fingerprint density at radius 2 is 1.46 bits per heavy atom. The van der Waals surface area contributed by atoms with Gasteiger partial charge in [-0.25, -0.2) is 4.39 Å². The van der Waals surface area contributed by atoms with E-state index in [0.717, 1.165) is 6.07 Å². The van der Waals surface area contributed by atoms with Crippen LogP contribution < -0.4 is 16.4 Å². The summed E-state index contributed by atoms with van der Waals surface area (Å²) < 4.78 is 51.4. The average molecular weight is 397 g/mol. The van der Waals surface area contributed by atoms with E-state index in [1.165, 1.54) is 24.3 Å². The molecular weight excluding hydrogens is 382 g/mol. The fourth-order valence-corrected chi connectivity index (χ4v) is 2.21. The SMILES string of the molecule is NC(=O)CNC(=O)c1ccc(CNC(=O)c2ccc(F)c(C(F)(F)F)c2)cc1. The maximum Gasteiger partial charge on any atom is 0.419 e. The third-order valence-corrected chi connectivity index (χ3v) is 3.63. The van der Waals surface area contributed by atoms with Gasteiger partial charge in [0.15, 0.2) is 0 Å². The Bertz CT molecular complexity index is 896. The van der Waals surface area contributed by atoms with Crippen molar-refractivity contribution in [1.29, 1.82) is 0 Å². The van der Waals surface area contributed by atoms with Crippen molar-refractivity contribution in [3.8, 4) is 0 Å². The topological polar surface area (TPSA) is 101 Å². The van der Waals surface area contributed by atoms with E-state index < -0.39 is 35.3 Å². The first kappa shape index (κ1) is 20.9. The predicted molar refractivity (Wildman–Crippen MR) is 90.5 cm³/mol. The molecule has 0 saturated heterocycles. The molecule has 6 nitrogen and oxygen atoms in total. The normalized spacial score (nSPS) is 11.0. The predicted octanol–water partition coefficient (Wildman–Crippen LogP) is 1.99. The van der Waals surface area contributed by atoms with E-state index in [0.29, 0.717) is 17.7 Å². The van der Waals surface area contributed by atoms with Gasteiger partial charge in [-0.1, -0.05) is 12.1 Å². The lowest BCUT2D eigenvalue weighted by Gasteiger charge is -2.11. The van der Waals surface area contributed by atoms with Gasteiger partial charge in [-0.15, -0.1) is 0 Å². The van der Waals surface area contributed by atoms with Gasteiger partial charge in [0.25, 0.3) is 11.8 Å². The van der Waals surface area contributed by atoms with Gasteiger partial charge in [0, 0.05) is 17.7 Å². The minimum atomic E-state index is -4.91. The molecule has 0 spiro atoms. The highest BCUT2D eigenvalue weighted by Crippen LogP contribution is 2.31. The van der Waals surface area contributed by atoms with E-state index in [4.69, 9.17) is 5.73 Å². The zero-order valence-corrected chi connectivity index (χ0v) is 14.3. The molecule has 0 fully saturated rings. The number of carbonyl (C=O) groups excluding carboxylic acids is 3. The Hall–Kier alpha value is -3.43. The molecule has 0 aliphatic rings. The van der Waals surface area contributed by atoms with Gasteiger partial charge in [0.2, 0.25) is 5.91 Å². The van der Waals surface area contributed by atoms with Crippen molar-refractivity contribution in [3.05, 3.63) is 70.5 Å². The highest BCUT2D eigenvalue weighted by molar-refractivity contribution is 5.96. The molecule has 2 rings (SSSR count). The smallest absolute Gasteiger partial charge is 0.368 e. The highest BCUT2D eigenvalue weighted by Gasteiger charge is 2.34. The van der Waals surface area contributed by atoms with Crippen LogP contribution in [0.2, 0.25) is 0 Å². The molecule has 3 amide bonds. The minimum absolute atomic E-state index is 0.0270. The van der Waals surface area contributed by atoms with E-state index in [1.54, 1.807) is 0 Å².